The zero-order valence-corrected chi connectivity index (χ0v) is 18.0. The number of carbonyl (C=O) groups is 3. The number of terminal acetylenes is 1. The first-order valence-corrected chi connectivity index (χ1v) is 9.96. The lowest BCUT2D eigenvalue weighted by Crippen LogP contribution is -2.54. The molecule has 2 amide bonds. The van der Waals surface area contributed by atoms with E-state index in [9.17, 15) is 19.6 Å². The van der Waals surface area contributed by atoms with Crippen molar-refractivity contribution in [3.8, 4) is 18.4 Å². The van der Waals surface area contributed by atoms with Gasteiger partial charge in [0.05, 0.1) is 17.2 Å². The molecule has 0 unspecified atom stereocenters. The molecule has 1 fully saturated rings. The third-order valence-electron chi connectivity index (χ3n) is 6.03. The summed E-state index contributed by atoms with van der Waals surface area (Å²) >= 11 is 0. The molecule has 1 aliphatic rings. The summed E-state index contributed by atoms with van der Waals surface area (Å²) in [6.45, 7) is 5.13. The SMILES string of the molecule is C#CC1(NC(=O)C(=O)c2c(C)c(C(=O)Nc3ccc(C)c(C#N)c3)n(C)c2C)CCC1. The zero-order valence-electron chi connectivity index (χ0n) is 18.0. The highest BCUT2D eigenvalue weighted by molar-refractivity contribution is 6.44. The first kappa shape index (κ1) is 21.9. The minimum Gasteiger partial charge on any atom is -0.343 e. The number of carbonyl (C=O) groups excluding carboxylic acids is 3. The average molecular weight is 416 g/mol. The monoisotopic (exact) mass is 416 g/mol. The highest BCUT2D eigenvalue weighted by Gasteiger charge is 2.39. The van der Waals surface area contributed by atoms with E-state index < -0.39 is 23.1 Å². The Kier molecular flexibility index (Phi) is 5.73. The molecule has 0 bridgehead atoms. The number of ketones is 1. The van der Waals surface area contributed by atoms with Crippen LogP contribution in [0.25, 0.3) is 0 Å². The summed E-state index contributed by atoms with van der Waals surface area (Å²) in [5, 5.41) is 14.7. The van der Waals surface area contributed by atoms with Crippen LogP contribution in [0.3, 0.4) is 0 Å². The van der Waals surface area contributed by atoms with Crippen LogP contribution in [0, 0.1) is 44.4 Å². The summed E-state index contributed by atoms with van der Waals surface area (Å²) in [4.78, 5) is 38.5. The van der Waals surface area contributed by atoms with Gasteiger partial charge in [-0.2, -0.15) is 5.26 Å². The lowest BCUT2D eigenvalue weighted by atomic mass is 9.77. The van der Waals surface area contributed by atoms with Gasteiger partial charge in [0.2, 0.25) is 0 Å². The number of Topliss-reactive ketones (excluding diaryl/α,β-unsaturated/α-hetero) is 1. The summed E-state index contributed by atoms with van der Waals surface area (Å²) in [5.41, 5.74) is 2.36. The Balaban J connectivity index is 1.89. The number of aryl methyl sites for hydroxylation is 1. The van der Waals surface area contributed by atoms with Crippen molar-refractivity contribution in [1.29, 1.82) is 5.26 Å². The molecule has 31 heavy (non-hydrogen) atoms. The van der Waals surface area contributed by atoms with Gasteiger partial charge >= 0.3 is 0 Å². The third kappa shape index (κ3) is 3.83. The fourth-order valence-electron chi connectivity index (χ4n) is 3.87. The van der Waals surface area contributed by atoms with Crippen molar-refractivity contribution in [3.63, 3.8) is 0 Å². The van der Waals surface area contributed by atoms with Crippen molar-refractivity contribution >= 4 is 23.3 Å². The zero-order chi connectivity index (χ0) is 22.9. The van der Waals surface area contributed by atoms with Crippen LogP contribution in [0.5, 0.6) is 0 Å². The first-order chi connectivity index (χ1) is 14.6. The smallest absolute Gasteiger partial charge is 0.293 e. The summed E-state index contributed by atoms with van der Waals surface area (Å²) in [6.07, 6.45) is 7.72. The molecule has 0 radical (unpaired) electrons. The molecule has 0 saturated heterocycles. The molecule has 7 nitrogen and oxygen atoms in total. The second kappa shape index (κ2) is 8.12. The molecular formula is C24H24N4O3. The predicted octanol–water partition coefficient (Wildman–Crippen LogP) is 2.93. The maximum absolute atomic E-state index is 13.0. The number of nitrogens with one attached hydrogen (secondary N) is 2. The van der Waals surface area contributed by atoms with Crippen molar-refractivity contribution in [2.45, 2.75) is 45.6 Å². The maximum Gasteiger partial charge on any atom is 0.293 e. The van der Waals surface area contributed by atoms with Crippen LogP contribution in [0.1, 0.15) is 62.5 Å². The van der Waals surface area contributed by atoms with Gasteiger partial charge in [-0.05, 0) is 63.3 Å². The van der Waals surface area contributed by atoms with Crippen LogP contribution in [-0.2, 0) is 11.8 Å². The molecule has 1 saturated carbocycles. The summed E-state index contributed by atoms with van der Waals surface area (Å²) in [7, 11) is 1.66. The summed E-state index contributed by atoms with van der Waals surface area (Å²) < 4.78 is 1.59. The average Bonchev–Trinajstić information content (AvgIpc) is 2.93. The molecule has 1 heterocycles. The number of anilines is 1. The van der Waals surface area contributed by atoms with E-state index in [2.05, 4.69) is 22.6 Å². The summed E-state index contributed by atoms with van der Waals surface area (Å²) in [6, 6.07) is 7.13. The van der Waals surface area contributed by atoms with Crippen molar-refractivity contribution in [2.24, 2.45) is 7.05 Å². The molecule has 0 aliphatic heterocycles. The number of hydrogen-bond acceptors (Lipinski definition) is 4. The largest absolute Gasteiger partial charge is 0.343 e. The van der Waals surface area contributed by atoms with Gasteiger partial charge in [-0.3, -0.25) is 14.4 Å². The molecule has 1 aliphatic carbocycles. The van der Waals surface area contributed by atoms with E-state index in [0.717, 1.165) is 12.0 Å². The van der Waals surface area contributed by atoms with E-state index in [1.54, 1.807) is 43.7 Å². The molecule has 2 aromatic rings. The van der Waals surface area contributed by atoms with E-state index in [1.165, 1.54) is 0 Å². The van der Waals surface area contributed by atoms with Crippen LogP contribution in [0.15, 0.2) is 18.2 Å². The van der Waals surface area contributed by atoms with Crippen LogP contribution < -0.4 is 10.6 Å². The van der Waals surface area contributed by atoms with Gasteiger partial charge in [-0.15, -0.1) is 6.42 Å². The third-order valence-corrected chi connectivity index (χ3v) is 6.03. The number of rotatable bonds is 5. The molecule has 1 aromatic heterocycles. The Hall–Kier alpha value is -3.84. The van der Waals surface area contributed by atoms with Gasteiger partial charge < -0.3 is 15.2 Å². The maximum atomic E-state index is 13.0. The minimum absolute atomic E-state index is 0.193. The highest BCUT2D eigenvalue weighted by Crippen LogP contribution is 2.31. The predicted molar refractivity (Wildman–Crippen MR) is 117 cm³/mol. The fraction of sp³-hybridized carbons (Fsp3) is 0.333. The van der Waals surface area contributed by atoms with Gasteiger partial charge in [0.25, 0.3) is 17.6 Å². The second-order valence-corrected chi connectivity index (χ2v) is 7.95. The number of hydrogen-bond donors (Lipinski definition) is 2. The topological polar surface area (TPSA) is 104 Å². The molecule has 0 spiro atoms. The van der Waals surface area contributed by atoms with Crippen molar-refractivity contribution in [1.82, 2.24) is 9.88 Å². The first-order valence-electron chi connectivity index (χ1n) is 9.96. The van der Waals surface area contributed by atoms with Crippen molar-refractivity contribution < 1.29 is 14.4 Å². The molecule has 2 N–H and O–H groups in total. The molecule has 1 aromatic carbocycles. The van der Waals surface area contributed by atoms with E-state index >= 15 is 0 Å². The standard InChI is InChI=1S/C24H24N4O3/c1-6-24(10-7-11-24)27-23(31)21(29)19-15(3)20(28(5)16(19)4)22(30)26-18-9-8-14(2)17(12-18)13-25/h1,8-9,12H,7,10-11H2,2-5H3,(H,26,30)(H,27,31). The van der Waals surface area contributed by atoms with Gasteiger partial charge in [-0.25, -0.2) is 0 Å². The second-order valence-electron chi connectivity index (χ2n) is 7.95. The molecule has 7 heteroatoms. The number of aromatic nitrogens is 1. The van der Waals surface area contributed by atoms with E-state index in [0.29, 0.717) is 35.3 Å². The van der Waals surface area contributed by atoms with Crippen LogP contribution in [0.2, 0.25) is 0 Å². The minimum atomic E-state index is -0.765. The van der Waals surface area contributed by atoms with Gasteiger partial charge in [0.15, 0.2) is 0 Å². The molecule has 158 valence electrons. The van der Waals surface area contributed by atoms with Crippen LogP contribution in [0.4, 0.5) is 5.69 Å². The Morgan fingerprint density at radius 1 is 1.19 bits per heavy atom. The van der Waals surface area contributed by atoms with E-state index in [4.69, 9.17) is 6.42 Å². The Bertz CT molecular complexity index is 1190. The van der Waals surface area contributed by atoms with Crippen molar-refractivity contribution in [3.05, 3.63) is 51.8 Å². The number of nitriles is 1. The molecule has 0 atom stereocenters. The molecule has 3 rings (SSSR count). The quantitative estimate of drug-likeness (QED) is 0.444. The van der Waals surface area contributed by atoms with Gasteiger partial charge in [0, 0.05) is 18.4 Å². The number of nitrogens with zero attached hydrogens (tertiary/aromatic N) is 2. The van der Waals surface area contributed by atoms with Crippen LogP contribution >= 0.6 is 0 Å². The summed E-state index contributed by atoms with van der Waals surface area (Å²) in [5.74, 6) is 0.665. The Morgan fingerprint density at radius 2 is 1.87 bits per heavy atom. The van der Waals surface area contributed by atoms with Gasteiger partial charge in [0.1, 0.15) is 11.2 Å². The van der Waals surface area contributed by atoms with Gasteiger partial charge in [-0.1, -0.05) is 12.0 Å². The lowest BCUT2D eigenvalue weighted by molar-refractivity contribution is -0.119. The Labute approximate surface area is 181 Å². The van der Waals surface area contributed by atoms with Crippen LogP contribution in [-0.4, -0.2) is 27.7 Å². The normalized spacial score (nSPS) is 14.0. The fourth-order valence-corrected chi connectivity index (χ4v) is 3.87. The number of benzene rings is 1. The van der Waals surface area contributed by atoms with E-state index in [1.807, 2.05) is 6.92 Å². The highest BCUT2D eigenvalue weighted by atomic mass is 16.2. The molecular weight excluding hydrogens is 392 g/mol. The Morgan fingerprint density at radius 3 is 2.42 bits per heavy atom. The number of amides is 2. The lowest BCUT2D eigenvalue weighted by Gasteiger charge is -2.37. The van der Waals surface area contributed by atoms with E-state index in [-0.39, 0.29) is 11.3 Å². The van der Waals surface area contributed by atoms with Crippen molar-refractivity contribution in [2.75, 3.05) is 5.32 Å².